The van der Waals surface area contributed by atoms with Crippen molar-refractivity contribution < 1.29 is 9.47 Å². The highest BCUT2D eigenvalue weighted by Crippen LogP contribution is 2.32. The summed E-state index contributed by atoms with van der Waals surface area (Å²) in [5.74, 6) is 1.77. The number of halogens is 1. The number of hydrogen-bond acceptors (Lipinski definition) is 3. The van der Waals surface area contributed by atoms with E-state index in [0.717, 1.165) is 56.0 Å². The van der Waals surface area contributed by atoms with Gasteiger partial charge in [0.1, 0.15) is 5.75 Å². The molecular weight excluding hydrogens is 262 g/mol. The fraction of sp³-hybridized carbons (Fsp3) is 0.600. The molecule has 2 aliphatic rings. The molecule has 0 spiro atoms. The fourth-order valence-corrected chi connectivity index (χ4v) is 3.08. The van der Waals surface area contributed by atoms with Gasteiger partial charge in [0.2, 0.25) is 0 Å². The molecule has 1 unspecified atom stereocenters. The Hall–Kier alpha value is -0.770. The van der Waals surface area contributed by atoms with Gasteiger partial charge in [-0.3, -0.25) is 0 Å². The second-order valence-electron chi connectivity index (χ2n) is 5.35. The van der Waals surface area contributed by atoms with Gasteiger partial charge < -0.3 is 14.8 Å². The third-order valence-corrected chi connectivity index (χ3v) is 4.11. The van der Waals surface area contributed by atoms with Crippen LogP contribution in [0.15, 0.2) is 12.1 Å². The number of fused-ring (bicyclic) bond motifs is 1. The largest absolute Gasteiger partial charge is 0.493 e. The van der Waals surface area contributed by atoms with Crippen LogP contribution in [-0.4, -0.2) is 26.4 Å². The van der Waals surface area contributed by atoms with Crippen LogP contribution in [-0.2, 0) is 17.7 Å². The first-order chi connectivity index (χ1) is 9.33. The van der Waals surface area contributed by atoms with Gasteiger partial charge in [-0.25, -0.2) is 0 Å². The van der Waals surface area contributed by atoms with Crippen molar-refractivity contribution in [3.05, 3.63) is 28.3 Å². The summed E-state index contributed by atoms with van der Waals surface area (Å²) in [5, 5.41) is 4.30. The average molecular weight is 282 g/mol. The van der Waals surface area contributed by atoms with Gasteiger partial charge in [-0.15, -0.1) is 0 Å². The standard InChI is InChI=1S/C15H20ClNO2/c16-14-7-12-3-6-19-15(12)13(8-14)9-17-4-1-11-2-5-18-10-11/h7-8,11,17H,1-6,9-10H2. The van der Waals surface area contributed by atoms with E-state index in [4.69, 9.17) is 21.1 Å². The minimum atomic E-state index is 0.730. The summed E-state index contributed by atoms with van der Waals surface area (Å²) in [5.41, 5.74) is 2.43. The summed E-state index contributed by atoms with van der Waals surface area (Å²) in [4.78, 5) is 0. The van der Waals surface area contributed by atoms with Crippen LogP contribution in [0.3, 0.4) is 0 Å². The monoisotopic (exact) mass is 281 g/mol. The molecule has 1 fully saturated rings. The first-order valence-electron chi connectivity index (χ1n) is 7.05. The van der Waals surface area contributed by atoms with Crippen LogP contribution in [0.25, 0.3) is 0 Å². The van der Waals surface area contributed by atoms with E-state index in [9.17, 15) is 0 Å². The molecule has 0 bridgehead atoms. The van der Waals surface area contributed by atoms with Crippen molar-refractivity contribution in [2.45, 2.75) is 25.8 Å². The van der Waals surface area contributed by atoms with Crippen LogP contribution in [0.5, 0.6) is 5.75 Å². The van der Waals surface area contributed by atoms with Gasteiger partial charge in [0, 0.05) is 36.8 Å². The van der Waals surface area contributed by atoms with Gasteiger partial charge in [0.05, 0.1) is 6.61 Å². The summed E-state index contributed by atoms with van der Waals surface area (Å²) in [6.45, 7) is 4.49. The quantitative estimate of drug-likeness (QED) is 0.842. The van der Waals surface area contributed by atoms with E-state index in [1.807, 2.05) is 12.1 Å². The summed E-state index contributed by atoms with van der Waals surface area (Å²) < 4.78 is 11.1. The van der Waals surface area contributed by atoms with Crippen molar-refractivity contribution >= 4 is 11.6 Å². The van der Waals surface area contributed by atoms with Crippen LogP contribution in [0.4, 0.5) is 0 Å². The Morgan fingerprint density at radius 1 is 1.32 bits per heavy atom. The molecule has 19 heavy (non-hydrogen) atoms. The van der Waals surface area contributed by atoms with Crippen molar-refractivity contribution in [2.24, 2.45) is 5.92 Å². The SMILES string of the molecule is Clc1cc2c(c(CNCCC3CCOC3)c1)OCC2. The number of rotatable bonds is 5. The second kappa shape index (κ2) is 6.12. The predicted molar refractivity (Wildman–Crippen MR) is 75.9 cm³/mol. The first-order valence-corrected chi connectivity index (χ1v) is 7.43. The van der Waals surface area contributed by atoms with E-state index in [0.29, 0.717) is 0 Å². The zero-order valence-corrected chi connectivity index (χ0v) is 11.8. The van der Waals surface area contributed by atoms with E-state index in [1.165, 1.54) is 24.0 Å². The molecule has 104 valence electrons. The van der Waals surface area contributed by atoms with Crippen LogP contribution < -0.4 is 10.1 Å². The zero-order chi connectivity index (χ0) is 13.1. The topological polar surface area (TPSA) is 30.5 Å². The maximum absolute atomic E-state index is 6.15. The molecule has 1 aromatic rings. The van der Waals surface area contributed by atoms with E-state index in [-0.39, 0.29) is 0 Å². The summed E-state index contributed by atoms with van der Waals surface area (Å²) >= 11 is 6.15. The van der Waals surface area contributed by atoms with Gasteiger partial charge in [0.25, 0.3) is 0 Å². The lowest BCUT2D eigenvalue weighted by Crippen LogP contribution is -2.18. The lowest BCUT2D eigenvalue weighted by atomic mass is 10.0. The van der Waals surface area contributed by atoms with Crippen molar-refractivity contribution in [1.82, 2.24) is 5.32 Å². The number of nitrogens with one attached hydrogen (secondary N) is 1. The zero-order valence-electron chi connectivity index (χ0n) is 11.1. The maximum atomic E-state index is 6.15. The summed E-state index contributed by atoms with van der Waals surface area (Å²) in [6, 6.07) is 4.03. The maximum Gasteiger partial charge on any atom is 0.127 e. The molecule has 1 atom stereocenters. The molecule has 0 saturated carbocycles. The Morgan fingerprint density at radius 3 is 3.11 bits per heavy atom. The normalized spacial score (nSPS) is 21.4. The van der Waals surface area contributed by atoms with Crippen molar-refractivity contribution in [3.63, 3.8) is 0 Å². The summed E-state index contributed by atoms with van der Waals surface area (Å²) in [7, 11) is 0. The van der Waals surface area contributed by atoms with Crippen LogP contribution in [0.2, 0.25) is 5.02 Å². The van der Waals surface area contributed by atoms with Crippen LogP contribution >= 0.6 is 11.6 Å². The van der Waals surface area contributed by atoms with E-state index < -0.39 is 0 Å². The van der Waals surface area contributed by atoms with Crippen LogP contribution in [0, 0.1) is 5.92 Å². The molecule has 0 aromatic heterocycles. The van der Waals surface area contributed by atoms with Crippen molar-refractivity contribution in [2.75, 3.05) is 26.4 Å². The molecule has 2 heterocycles. The molecule has 2 aliphatic heterocycles. The fourth-order valence-electron chi connectivity index (χ4n) is 2.82. The highest BCUT2D eigenvalue weighted by atomic mass is 35.5. The lowest BCUT2D eigenvalue weighted by molar-refractivity contribution is 0.184. The third-order valence-electron chi connectivity index (χ3n) is 3.89. The van der Waals surface area contributed by atoms with E-state index >= 15 is 0 Å². The number of hydrogen-bond donors (Lipinski definition) is 1. The highest BCUT2D eigenvalue weighted by Gasteiger charge is 2.18. The molecule has 0 aliphatic carbocycles. The highest BCUT2D eigenvalue weighted by molar-refractivity contribution is 6.30. The molecule has 3 rings (SSSR count). The van der Waals surface area contributed by atoms with Gasteiger partial charge in [-0.1, -0.05) is 11.6 Å². The molecule has 1 saturated heterocycles. The lowest BCUT2D eigenvalue weighted by Gasteiger charge is -2.11. The smallest absolute Gasteiger partial charge is 0.127 e. The Labute approximate surface area is 119 Å². The molecule has 3 nitrogen and oxygen atoms in total. The van der Waals surface area contributed by atoms with Crippen LogP contribution in [0.1, 0.15) is 24.0 Å². The van der Waals surface area contributed by atoms with Gasteiger partial charge >= 0.3 is 0 Å². The first kappa shape index (κ1) is 13.2. The van der Waals surface area contributed by atoms with Gasteiger partial charge in [-0.05, 0) is 43.0 Å². The molecule has 0 radical (unpaired) electrons. The Morgan fingerprint density at radius 2 is 2.26 bits per heavy atom. The van der Waals surface area contributed by atoms with Gasteiger partial charge in [-0.2, -0.15) is 0 Å². The van der Waals surface area contributed by atoms with Gasteiger partial charge in [0.15, 0.2) is 0 Å². The molecule has 1 aromatic carbocycles. The third kappa shape index (κ3) is 3.22. The van der Waals surface area contributed by atoms with E-state index in [1.54, 1.807) is 0 Å². The Kier molecular flexibility index (Phi) is 4.26. The molecule has 1 N–H and O–H groups in total. The predicted octanol–water partition coefficient (Wildman–Crippen LogP) is 2.79. The Bertz CT molecular complexity index is 444. The number of ether oxygens (including phenoxy) is 2. The molecular formula is C15H20ClNO2. The minimum absolute atomic E-state index is 0.730. The molecule has 0 amide bonds. The van der Waals surface area contributed by atoms with Crippen molar-refractivity contribution in [3.8, 4) is 5.75 Å². The molecule has 4 heteroatoms. The number of benzene rings is 1. The second-order valence-corrected chi connectivity index (χ2v) is 5.78. The van der Waals surface area contributed by atoms with Crippen molar-refractivity contribution in [1.29, 1.82) is 0 Å². The summed E-state index contributed by atoms with van der Waals surface area (Å²) in [6.07, 6.45) is 3.36. The van der Waals surface area contributed by atoms with E-state index in [2.05, 4.69) is 5.32 Å². The Balaban J connectivity index is 1.52. The average Bonchev–Trinajstić information content (AvgIpc) is 3.04. The minimum Gasteiger partial charge on any atom is -0.493 e.